The summed E-state index contributed by atoms with van der Waals surface area (Å²) >= 11 is 0. The SMILES string of the molecule is O=C(O)CN1C(=O)[C@@H](NC(=O)CP(=O)(O)CCCCc2ccccc2)CCc2ccccc21. The highest BCUT2D eigenvalue weighted by molar-refractivity contribution is 7.58. The topological polar surface area (TPSA) is 124 Å². The van der Waals surface area contributed by atoms with Gasteiger partial charge in [-0.3, -0.25) is 23.8 Å². The molecule has 0 spiro atoms. The lowest BCUT2D eigenvalue weighted by atomic mass is 10.1. The lowest BCUT2D eigenvalue weighted by Crippen LogP contribution is -2.50. The van der Waals surface area contributed by atoms with E-state index in [1.54, 1.807) is 18.2 Å². The summed E-state index contributed by atoms with van der Waals surface area (Å²) in [5.41, 5.74) is 2.48. The number of carbonyl (C=O) groups is 3. The number of para-hydroxylation sites is 1. The standard InChI is InChI=1S/C24H29N2O6P/c27-22(17-33(31,32)15-7-6-10-18-8-2-1-3-9-18)25-20-14-13-19-11-4-5-12-21(19)26(24(20)30)16-23(28)29/h1-5,8-9,11-12,20H,6-7,10,13-17H2,(H,25,27)(H,28,29)(H,31,32)/t20-/m0/s1. The third-order valence-corrected chi connectivity index (χ3v) is 7.43. The molecule has 8 nitrogen and oxygen atoms in total. The maximum absolute atomic E-state index is 13.0. The van der Waals surface area contributed by atoms with E-state index in [4.69, 9.17) is 0 Å². The predicted molar refractivity (Wildman–Crippen MR) is 126 cm³/mol. The van der Waals surface area contributed by atoms with Gasteiger partial charge in [0.1, 0.15) is 18.7 Å². The first-order valence-corrected chi connectivity index (χ1v) is 13.0. The van der Waals surface area contributed by atoms with Crippen molar-refractivity contribution in [3.63, 3.8) is 0 Å². The molecule has 9 heteroatoms. The normalized spacial score (nSPS) is 17.5. The van der Waals surface area contributed by atoms with E-state index in [-0.39, 0.29) is 12.6 Å². The summed E-state index contributed by atoms with van der Waals surface area (Å²) in [5.74, 6) is -2.38. The molecule has 2 atom stereocenters. The van der Waals surface area contributed by atoms with E-state index < -0.39 is 43.9 Å². The highest BCUT2D eigenvalue weighted by Gasteiger charge is 2.33. The number of fused-ring (bicyclic) bond motifs is 1. The van der Waals surface area contributed by atoms with Gasteiger partial charge in [0, 0.05) is 11.8 Å². The summed E-state index contributed by atoms with van der Waals surface area (Å²) in [4.78, 5) is 48.3. The number of hydrogen-bond donors (Lipinski definition) is 3. The molecule has 33 heavy (non-hydrogen) atoms. The van der Waals surface area contributed by atoms with Crippen molar-refractivity contribution in [3.8, 4) is 0 Å². The molecule has 0 aliphatic carbocycles. The number of aliphatic carboxylic acids is 1. The second kappa shape index (κ2) is 11.3. The Hall–Kier alpha value is -2.96. The van der Waals surface area contributed by atoms with Gasteiger partial charge in [-0.25, -0.2) is 0 Å². The molecule has 3 N–H and O–H groups in total. The predicted octanol–water partition coefficient (Wildman–Crippen LogP) is 2.83. The number of amides is 2. The van der Waals surface area contributed by atoms with Crippen LogP contribution in [0.25, 0.3) is 0 Å². The number of nitrogens with one attached hydrogen (secondary N) is 1. The van der Waals surface area contributed by atoms with Crippen LogP contribution in [-0.4, -0.2) is 52.7 Å². The van der Waals surface area contributed by atoms with Crippen LogP contribution < -0.4 is 10.2 Å². The fourth-order valence-corrected chi connectivity index (χ4v) is 5.44. The van der Waals surface area contributed by atoms with Crippen molar-refractivity contribution >= 4 is 30.8 Å². The van der Waals surface area contributed by atoms with Crippen molar-refractivity contribution in [2.24, 2.45) is 0 Å². The zero-order valence-electron chi connectivity index (χ0n) is 18.4. The smallest absolute Gasteiger partial charge is 0.323 e. The average Bonchev–Trinajstić information content (AvgIpc) is 2.89. The first kappa shape index (κ1) is 24.7. The van der Waals surface area contributed by atoms with E-state index in [2.05, 4.69) is 5.32 Å². The largest absolute Gasteiger partial charge is 0.480 e. The van der Waals surface area contributed by atoms with Gasteiger partial charge in [0.15, 0.2) is 0 Å². The van der Waals surface area contributed by atoms with Crippen molar-refractivity contribution in [2.75, 3.05) is 23.8 Å². The molecule has 0 bridgehead atoms. The van der Waals surface area contributed by atoms with Crippen LogP contribution in [0.1, 0.15) is 30.4 Å². The van der Waals surface area contributed by atoms with Gasteiger partial charge in [-0.1, -0.05) is 48.5 Å². The molecule has 0 saturated carbocycles. The van der Waals surface area contributed by atoms with Gasteiger partial charge in [-0.2, -0.15) is 0 Å². The zero-order valence-corrected chi connectivity index (χ0v) is 19.2. The summed E-state index contributed by atoms with van der Waals surface area (Å²) in [6.45, 7) is -0.526. The molecular weight excluding hydrogens is 443 g/mol. The summed E-state index contributed by atoms with van der Waals surface area (Å²) in [5, 5.41) is 11.8. The molecule has 0 saturated heterocycles. The molecule has 0 aromatic heterocycles. The Morgan fingerprint density at radius 3 is 2.48 bits per heavy atom. The number of unbranched alkanes of at least 4 members (excludes halogenated alkanes) is 1. The first-order valence-electron chi connectivity index (χ1n) is 11.0. The van der Waals surface area contributed by atoms with Crippen LogP contribution in [0, 0.1) is 0 Å². The van der Waals surface area contributed by atoms with E-state index in [9.17, 15) is 28.9 Å². The maximum atomic E-state index is 13.0. The van der Waals surface area contributed by atoms with Crippen molar-refractivity contribution in [2.45, 2.75) is 38.1 Å². The molecule has 2 amide bonds. The van der Waals surface area contributed by atoms with Crippen molar-refractivity contribution < 1.29 is 28.9 Å². The monoisotopic (exact) mass is 472 g/mol. The summed E-state index contributed by atoms with van der Waals surface area (Å²) in [6, 6.07) is 15.9. The molecule has 1 unspecified atom stereocenters. The van der Waals surface area contributed by atoms with E-state index in [1.165, 1.54) is 0 Å². The number of anilines is 1. The van der Waals surface area contributed by atoms with Crippen LogP contribution >= 0.6 is 7.37 Å². The zero-order chi connectivity index (χ0) is 23.8. The number of rotatable bonds is 10. The summed E-state index contributed by atoms with van der Waals surface area (Å²) in [7, 11) is -3.70. The molecule has 3 rings (SSSR count). The highest BCUT2D eigenvalue weighted by Crippen LogP contribution is 2.41. The van der Waals surface area contributed by atoms with Gasteiger partial charge < -0.3 is 15.3 Å². The van der Waals surface area contributed by atoms with Crippen LogP contribution in [0.4, 0.5) is 5.69 Å². The Bertz CT molecular complexity index is 1040. The molecule has 0 fully saturated rings. The van der Waals surface area contributed by atoms with Crippen molar-refractivity contribution in [1.29, 1.82) is 0 Å². The van der Waals surface area contributed by atoms with Gasteiger partial charge >= 0.3 is 5.97 Å². The van der Waals surface area contributed by atoms with Crippen LogP contribution in [0.3, 0.4) is 0 Å². The Labute approximate surface area is 193 Å². The lowest BCUT2D eigenvalue weighted by Gasteiger charge is -2.25. The van der Waals surface area contributed by atoms with Crippen molar-refractivity contribution in [1.82, 2.24) is 5.32 Å². The average molecular weight is 472 g/mol. The molecule has 2 aromatic rings. The number of carboxylic acid groups (broad SMARTS) is 1. The number of nitrogens with zero attached hydrogens (tertiary/aromatic N) is 1. The molecular formula is C24H29N2O6P. The number of benzene rings is 2. The molecule has 2 aromatic carbocycles. The van der Waals surface area contributed by atoms with Crippen LogP contribution in [0.15, 0.2) is 54.6 Å². The Kier molecular flexibility index (Phi) is 8.42. The van der Waals surface area contributed by atoms with Gasteiger partial charge in [-0.15, -0.1) is 0 Å². The fourth-order valence-electron chi connectivity index (χ4n) is 4.02. The quantitative estimate of drug-likeness (QED) is 0.361. The Balaban J connectivity index is 1.55. The van der Waals surface area contributed by atoms with Gasteiger partial charge in [0.2, 0.25) is 19.2 Å². The summed E-state index contributed by atoms with van der Waals surface area (Å²) < 4.78 is 12.5. The number of aryl methyl sites for hydroxylation is 2. The molecule has 0 radical (unpaired) electrons. The van der Waals surface area contributed by atoms with Crippen LogP contribution in [0.5, 0.6) is 0 Å². The molecule has 1 aliphatic rings. The van der Waals surface area contributed by atoms with Gasteiger partial charge in [0.05, 0.1) is 0 Å². The van der Waals surface area contributed by atoms with E-state index in [1.807, 2.05) is 36.4 Å². The lowest BCUT2D eigenvalue weighted by molar-refractivity contribution is -0.137. The summed E-state index contributed by atoms with van der Waals surface area (Å²) in [6.07, 6.45) is 2.27. The number of hydrogen-bond acceptors (Lipinski definition) is 4. The maximum Gasteiger partial charge on any atom is 0.323 e. The van der Waals surface area contributed by atoms with Gasteiger partial charge in [-0.05, 0) is 49.3 Å². The third-order valence-electron chi connectivity index (χ3n) is 5.63. The van der Waals surface area contributed by atoms with Crippen LogP contribution in [0.2, 0.25) is 0 Å². The fraction of sp³-hybridized carbons (Fsp3) is 0.375. The first-order chi connectivity index (χ1) is 15.7. The third kappa shape index (κ3) is 7.27. The molecule has 1 aliphatic heterocycles. The minimum atomic E-state index is -3.70. The molecule has 1 heterocycles. The van der Waals surface area contributed by atoms with E-state index in [0.29, 0.717) is 18.5 Å². The molecule has 176 valence electrons. The number of carbonyl (C=O) groups excluding carboxylic acids is 2. The second-order valence-electron chi connectivity index (χ2n) is 8.28. The minimum absolute atomic E-state index is 0.0302. The van der Waals surface area contributed by atoms with E-state index in [0.717, 1.165) is 28.9 Å². The minimum Gasteiger partial charge on any atom is -0.480 e. The highest BCUT2D eigenvalue weighted by atomic mass is 31.2. The van der Waals surface area contributed by atoms with Crippen molar-refractivity contribution in [3.05, 3.63) is 65.7 Å². The Morgan fingerprint density at radius 1 is 1.06 bits per heavy atom. The van der Waals surface area contributed by atoms with Crippen LogP contribution in [-0.2, 0) is 31.8 Å². The second-order valence-corrected chi connectivity index (χ2v) is 10.7. The van der Waals surface area contributed by atoms with E-state index >= 15 is 0 Å². The van der Waals surface area contributed by atoms with Gasteiger partial charge in [0.25, 0.3) is 0 Å². The Morgan fingerprint density at radius 2 is 1.76 bits per heavy atom. The number of carboxylic acids is 1.